The van der Waals surface area contributed by atoms with Crippen LogP contribution in [-0.2, 0) is 24.2 Å². The lowest BCUT2D eigenvalue weighted by atomic mass is 9.89. The summed E-state index contributed by atoms with van der Waals surface area (Å²) in [5, 5.41) is 9.13. The van der Waals surface area contributed by atoms with E-state index in [2.05, 4.69) is 34.8 Å². The maximum Gasteiger partial charge on any atom is 0.305 e. The highest BCUT2D eigenvalue weighted by molar-refractivity contribution is 5.69. The zero-order chi connectivity index (χ0) is 19.5. The molecule has 1 heterocycles. The predicted molar refractivity (Wildman–Crippen MR) is 102 cm³/mol. The fraction of sp³-hybridized carbons (Fsp3) is 0.762. The first-order valence-electron chi connectivity index (χ1n) is 10.2. The second-order valence-electron chi connectivity index (χ2n) is 7.45. The van der Waals surface area contributed by atoms with Crippen molar-refractivity contribution in [2.24, 2.45) is 11.8 Å². The summed E-state index contributed by atoms with van der Waals surface area (Å²) >= 11 is 0. The molecule has 0 aromatic rings. The molecule has 6 nitrogen and oxygen atoms in total. The standard InChI is InChI=1S/C21H34O6/c1-3-4-7-10-16(25-23)13-14-18-17(19-15-20(18)27-26-19)11-8-5-6-9-12-21(22)24-2/h5,8,13-14,16-20,23H,3-4,6-7,9-12,15H2,1-2H3/b8-5-,14-13+/t16-,17+,18-,19-,20+/m0/s1. The summed E-state index contributed by atoms with van der Waals surface area (Å²) in [6.45, 7) is 2.16. The number of hydrogen-bond donors (Lipinski definition) is 1. The van der Waals surface area contributed by atoms with Crippen LogP contribution >= 0.6 is 0 Å². The predicted octanol–water partition coefficient (Wildman–Crippen LogP) is 4.61. The van der Waals surface area contributed by atoms with Gasteiger partial charge in [-0.25, -0.2) is 14.7 Å². The maximum atomic E-state index is 11.1. The average molecular weight is 382 g/mol. The van der Waals surface area contributed by atoms with Crippen LogP contribution in [0.2, 0.25) is 0 Å². The minimum Gasteiger partial charge on any atom is -0.469 e. The van der Waals surface area contributed by atoms with E-state index in [4.69, 9.17) is 15.0 Å². The van der Waals surface area contributed by atoms with Gasteiger partial charge in [-0.1, -0.05) is 50.5 Å². The molecule has 1 aliphatic heterocycles. The molecule has 0 spiro atoms. The molecule has 2 rings (SSSR count). The van der Waals surface area contributed by atoms with Gasteiger partial charge in [0.05, 0.1) is 13.2 Å². The van der Waals surface area contributed by atoms with Crippen molar-refractivity contribution in [1.29, 1.82) is 0 Å². The Balaban J connectivity index is 1.80. The lowest BCUT2D eigenvalue weighted by molar-refractivity contribution is -0.336. The van der Waals surface area contributed by atoms with Crippen molar-refractivity contribution in [3.63, 3.8) is 0 Å². The van der Waals surface area contributed by atoms with Crippen LogP contribution in [0.5, 0.6) is 0 Å². The smallest absolute Gasteiger partial charge is 0.305 e. The monoisotopic (exact) mass is 382 g/mol. The molecule has 2 aliphatic rings. The summed E-state index contributed by atoms with van der Waals surface area (Å²) in [7, 11) is 1.42. The summed E-state index contributed by atoms with van der Waals surface area (Å²) in [5.41, 5.74) is 0. The van der Waals surface area contributed by atoms with E-state index in [0.29, 0.717) is 12.3 Å². The Hall–Kier alpha value is -1.21. The van der Waals surface area contributed by atoms with Gasteiger partial charge in [-0.05, 0) is 25.7 Å². The van der Waals surface area contributed by atoms with Crippen molar-refractivity contribution in [2.75, 3.05) is 7.11 Å². The highest BCUT2D eigenvalue weighted by Crippen LogP contribution is 2.45. The molecular weight excluding hydrogens is 348 g/mol. The van der Waals surface area contributed by atoms with Crippen molar-refractivity contribution >= 4 is 5.97 Å². The van der Waals surface area contributed by atoms with E-state index in [0.717, 1.165) is 51.4 Å². The van der Waals surface area contributed by atoms with Crippen molar-refractivity contribution in [3.05, 3.63) is 24.3 Å². The van der Waals surface area contributed by atoms with Crippen LogP contribution < -0.4 is 0 Å². The zero-order valence-electron chi connectivity index (χ0n) is 16.5. The first kappa shape index (κ1) is 22.1. The minimum atomic E-state index is -0.258. The summed E-state index contributed by atoms with van der Waals surface area (Å²) in [6, 6.07) is 0. The molecule has 1 aliphatic carbocycles. The molecule has 0 aromatic heterocycles. The number of carbonyl (C=O) groups is 1. The van der Waals surface area contributed by atoms with E-state index in [1.165, 1.54) is 7.11 Å². The van der Waals surface area contributed by atoms with Crippen molar-refractivity contribution < 1.29 is 29.5 Å². The molecule has 1 saturated carbocycles. The molecule has 0 aromatic carbocycles. The molecule has 154 valence electrons. The molecule has 2 fully saturated rings. The number of rotatable bonds is 13. The first-order valence-corrected chi connectivity index (χ1v) is 10.2. The van der Waals surface area contributed by atoms with Gasteiger partial charge in [-0.15, -0.1) is 0 Å². The van der Waals surface area contributed by atoms with Crippen molar-refractivity contribution in [3.8, 4) is 0 Å². The number of carbonyl (C=O) groups excluding carboxylic acids is 1. The highest BCUT2D eigenvalue weighted by Gasteiger charge is 2.49. The molecule has 1 saturated heterocycles. The second kappa shape index (κ2) is 12.3. The Morgan fingerprint density at radius 3 is 2.78 bits per heavy atom. The quantitative estimate of drug-likeness (QED) is 0.165. The van der Waals surface area contributed by atoms with Crippen LogP contribution in [0.4, 0.5) is 0 Å². The van der Waals surface area contributed by atoms with E-state index < -0.39 is 0 Å². The SMILES string of the molecule is CCCCC[C@@H](/C=C/[C@H]1[C@@H](C/C=C\CCCC(=O)OC)[C@@H]2C[C@H]1OO2)OO. The highest BCUT2D eigenvalue weighted by atomic mass is 17.2. The number of allylic oxidation sites excluding steroid dienone is 2. The van der Waals surface area contributed by atoms with Gasteiger partial charge in [0.1, 0.15) is 12.2 Å². The summed E-state index contributed by atoms with van der Waals surface area (Å²) in [4.78, 5) is 26.6. The van der Waals surface area contributed by atoms with Crippen LogP contribution in [0.15, 0.2) is 24.3 Å². The second-order valence-corrected chi connectivity index (χ2v) is 7.45. The lowest BCUT2D eigenvalue weighted by Crippen LogP contribution is -2.29. The van der Waals surface area contributed by atoms with E-state index in [-0.39, 0.29) is 30.2 Å². The number of hydrogen-bond acceptors (Lipinski definition) is 6. The van der Waals surface area contributed by atoms with Crippen molar-refractivity contribution in [2.45, 2.75) is 83.0 Å². The van der Waals surface area contributed by atoms with Gasteiger partial charge in [-0.3, -0.25) is 10.1 Å². The third-order valence-electron chi connectivity index (χ3n) is 5.50. The molecule has 0 amide bonds. The summed E-state index contributed by atoms with van der Waals surface area (Å²) < 4.78 is 4.64. The van der Waals surface area contributed by atoms with Crippen LogP contribution in [0.3, 0.4) is 0 Å². The summed E-state index contributed by atoms with van der Waals surface area (Å²) in [5.74, 6) is 0.478. The zero-order valence-corrected chi connectivity index (χ0v) is 16.5. The van der Waals surface area contributed by atoms with Gasteiger partial charge in [0.2, 0.25) is 0 Å². The van der Waals surface area contributed by atoms with Crippen LogP contribution in [-0.4, -0.2) is 36.6 Å². The Kier molecular flexibility index (Phi) is 10.1. The molecular formula is C21H34O6. The van der Waals surface area contributed by atoms with Gasteiger partial charge in [0.25, 0.3) is 0 Å². The van der Waals surface area contributed by atoms with Crippen LogP contribution in [0.1, 0.15) is 64.7 Å². The van der Waals surface area contributed by atoms with E-state index in [9.17, 15) is 4.79 Å². The van der Waals surface area contributed by atoms with Gasteiger partial charge < -0.3 is 4.74 Å². The molecule has 0 unspecified atom stereocenters. The molecule has 2 bridgehead atoms. The Labute approximate surface area is 162 Å². The summed E-state index contributed by atoms with van der Waals surface area (Å²) in [6.07, 6.45) is 16.5. The minimum absolute atomic E-state index is 0.0824. The molecule has 5 atom stereocenters. The molecule has 1 N–H and O–H groups in total. The number of methoxy groups -OCH3 is 1. The van der Waals surface area contributed by atoms with Gasteiger partial charge in [0, 0.05) is 24.7 Å². The van der Waals surface area contributed by atoms with Gasteiger partial charge in [-0.2, -0.15) is 0 Å². The Morgan fingerprint density at radius 2 is 2.04 bits per heavy atom. The average Bonchev–Trinajstić information content (AvgIpc) is 3.28. The first-order chi connectivity index (χ1) is 13.2. The molecule has 6 heteroatoms. The lowest BCUT2D eigenvalue weighted by Gasteiger charge is -2.27. The molecule has 27 heavy (non-hydrogen) atoms. The largest absolute Gasteiger partial charge is 0.469 e. The van der Waals surface area contributed by atoms with Gasteiger partial charge in [0.15, 0.2) is 0 Å². The van der Waals surface area contributed by atoms with E-state index in [1.54, 1.807) is 0 Å². The van der Waals surface area contributed by atoms with E-state index in [1.807, 2.05) is 6.08 Å². The number of unbranched alkanes of at least 4 members (excludes halogenated alkanes) is 3. The normalized spacial score (nSPS) is 28.4. The number of ether oxygens (including phenoxy) is 1. The van der Waals surface area contributed by atoms with Crippen molar-refractivity contribution in [1.82, 2.24) is 0 Å². The molecule has 0 radical (unpaired) electrons. The van der Waals surface area contributed by atoms with E-state index >= 15 is 0 Å². The Bertz CT molecular complexity index is 489. The maximum absolute atomic E-state index is 11.1. The fourth-order valence-electron chi connectivity index (χ4n) is 3.89. The number of fused-ring (bicyclic) bond motifs is 2. The topological polar surface area (TPSA) is 74.2 Å². The van der Waals surface area contributed by atoms with Crippen LogP contribution in [0.25, 0.3) is 0 Å². The van der Waals surface area contributed by atoms with Gasteiger partial charge >= 0.3 is 5.97 Å². The third kappa shape index (κ3) is 7.03. The fourth-order valence-corrected chi connectivity index (χ4v) is 3.89. The van der Waals surface area contributed by atoms with Crippen LogP contribution in [0, 0.1) is 11.8 Å². The number of esters is 1. The Morgan fingerprint density at radius 1 is 1.22 bits per heavy atom. The third-order valence-corrected chi connectivity index (χ3v) is 5.50.